The van der Waals surface area contributed by atoms with Crippen molar-refractivity contribution in [1.82, 2.24) is 0 Å². The molecule has 0 saturated heterocycles. The molecule has 0 atom stereocenters. The third kappa shape index (κ3) is 2.70. The molecule has 0 heterocycles. The molecule has 0 bridgehead atoms. The predicted molar refractivity (Wildman–Crippen MR) is 75.8 cm³/mol. The Bertz CT molecular complexity index is 608. The molecular formula is C16H18FNO. The van der Waals surface area contributed by atoms with Crippen LogP contribution in [0.5, 0.6) is 5.75 Å². The summed E-state index contributed by atoms with van der Waals surface area (Å²) in [6.45, 7) is 6.20. The van der Waals surface area contributed by atoms with Gasteiger partial charge in [0.1, 0.15) is 12.4 Å². The third-order valence-corrected chi connectivity index (χ3v) is 3.35. The summed E-state index contributed by atoms with van der Waals surface area (Å²) < 4.78 is 19.6. The van der Waals surface area contributed by atoms with Gasteiger partial charge in [-0.15, -0.1) is 0 Å². The van der Waals surface area contributed by atoms with Crippen LogP contribution in [0.15, 0.2) is 30.3 Å². The minimum Gasteiger partial charge on any atom is -0.488 e. The monoisotopic (exact) mass is 259 g/mol. The van der Waals surface area contributed by atoms with E-state index in [0.717, 1.165) is 22.4 Å². The van der Waals surface area contributed by atoms with Crippen LogP contribution in [-0.4, -0.2) is 0 Å². The van der Waals surface area contributed by atoms with Crippen LogP contribution in [0.3, 0.4) is 0 Å². The van der Waals surface area contributed by atoms with Gasteiger partial charge in [0, 0.05) is 5.56 Å². The average Bonchev–Trinajstić information content (AvgIpc) is 2.39. The van der Waals surface area contributed by atoms with E-state index >= 15 is 0 Å². The van der Waals surface area contributed by atoms with Gasteiger partial charge in [-0.3, -0.25) is 0 Å². The molecular weight excluding hydrogens is 241 g/mol. The van der Waals surface area contributed by atoms with Gasteiger partial charge >= 0.3 is 0 Å². The van der Waals surface area contributed by atoms with Crippen molar-refractivity contribution in [3.8, 4) is 5.75 Å². The molecule has 0 aliphatic rings. The molecule has 0 saturated carbocycles. The molecule has 0 aromatic heterocycles. The molecule has 100 valence electrons. The zero-order valence-electron chi connectivity index (χ0n) is 11.5. The number of nitrogen functional groups attached to an aromatic ring is 1. The fourth-order valence-corrected chi connectivity index (χ4v) is 2.01. The fourth-order valence-electron chi connectivity index (χ4n) is 2.01. The summed E-state index contributed by atoms with van der Waals surface area (Å²) in [5.41, 5.74) is 9.46. The Morgan fingerprint density at radius 3 is 2.47 bits per heavy atom. The highest BCUT2D eigenvalue weighted by molar-refractivity contribution is 5.45. The van der Waals surface area contributed by atoms with Crippen LogP contribution in [0.2, 0.25) is 0 Å². The molecule has 0 radical (unpaired) electrons. The Hall–Kier alpha value is -2.03. The topological polar surface area (TPSA) is 35.2 Å². The number of anilines is 1. The molecule has 0 unspecified atom stereocenters. The number of aryl methyl sites for hydroxylation is 2. The lowest BCUT2D eigenvalue weighted by Crippen LogP contribution is -2.03. The van der Waals surface area contributed by atoms with Gasteiger partial charge < -0.3 is 10.5 Å². The fraction of sp³-hybridized carbons (Fsp3) is 0.250. The smallest absolute Gasteiger partial charge is 0.152 e. The number of hydrogen-bond donors (Lipinski definition) is 1. The SMILES string of the molecule is Cc1ccc(C)c(OCc2cccc(N)c2F)c1C. The molecule has 2 rings (SSSR count). The molecule has 3 heteroatoms. The van der Waals surface area contributed by atoms with Crippen molar-refractivity contribution >= 4 is 5.69 Å². The minimum absolute atomic E-state index is 0.152. The average molecular weight is 259 g/mol. The van der Waals surface area contributed by atoms with Crippen LogP contribution in [0.4, 0.5) is 10.1 Å². The summed E-state index contributed by atoms with van der Waals surface area (Å²) in [5, 5.41) is 0. The molecule has 0 spiro atoms. The summed E-state index contributed by atoms with van der Waals surface area (Å²) >= 11 is 0. The Morgan fingerprint density at radius 2 is 1.74 bits per heavy atom. The molecule has 19 heavy (non-hydrogen) atoms. The Kier molecular flexibility index (Phi) is 3.74. The first kappa shape index (κ1) is 13.4. The van der Waals surface area contributed by atoms with Gasteiger partial charge in [-0.25, -0.2) is 4.39 Å². The van der Waals surface area contributed by atoms with E-state index in [1.54, 1.807) is 18.2 Å². The van der Waals surface area contributed by atoms with E-state index in [1.165, 1.54) is 0 Å². The van der Waals surface area contributed by atoms with Gasteiger partial charge in [-0.05, 0) is 43.5 Å². The van der Waals surface area contributed by atoms with Crippen LogP contribution in [0.25, 0.3) is 0 Å². The Balaban J connectivity index is 2.24. The van der Waals surface area contributed by atoms with E-state index < -0.39 is 5.82 Å². The van der Waals surface area contributed by atoms with Crippen LogP contribution >= 0.6 is 0 Å². The third-order valence-electron chi connectivity index (χ3n) is 3.35. The lowest BCUT2D eigenvalue weighted by molar-refractivity contribution is 0.296. The maximum atomic E-state index is 13.8. The molecule has 0 aliphatic carbocycles. The minimum atomic E-state index is -0.398. The van der Waals surface area contributed by atoms with E-state index in [2.05, 4.69) is 6.07 Å². The zero-order chi connectivity index (χ0) is 14.0. The summed E-state index contributed by atoms with van der Waals surface area (Å²) in [6, 6.07) is 9.02. The summed E-state index contributed by atoms with van der Waals surface area (Å²) in [7, 11) is 0. The molecule has 2 aromatic carbocycles. The van der Waals surface area contributed by atoms with E-state index in [1.807, 2.05) is 26.8 Å². The van der Waals surface area contributed by atoms with Crippen molar-refractivity contribution in [1.29, 1.82) is 0 Å². The first-order valence-electron chi connectivity index (χ1n) is 6.23. The van der Waals surface area contributed by atoms with Crippen molar-refractivity contribution in [2.75, 3.05) is 5.73 Å². The zero-order valence-corrected chi connectivity index (χ0v) is 11.5. The lowest BCUT2D eigenvalue weighted by Gasteiger charge is -2.14. The molecule has 0 aliphatic heterocycles. The van der Waals surface area contributed by atoms with Crippen LogP contribution in [0, 0.1) is 26.6 Å². The van der Waals surface area contributed by atoms with Gasteiger partial charge in [0.05, 0.1) is 5.69 Å². The number of rotatable bonds is 3. The first-order valence-corrected chi connectivity index (χ1v) is 6.23. The highest BCUT2D eigenvalue weighted by Gasteiger charge is 2.09. The van der Waals surface area contributed by atoms with Gasteiger partial charge in [0.15, 0.2) is 5.82 Å². The number of hydrogen-bond acceptors (Lipinski definition) is 2. The van der Waals surface area contributed by atoms with Gasteiger partial charge in [0.25, 0.3) is 0 Å². The van der Waals surface area contributed by atoms with Crippen LogP contribution in [-0.2, 0) is 6.61 Å². The van der Waals surface area contributed by atoms with Crippen LogP contribution < -0.4 is 10.5 Å². The van der Waals surface area contributed by atoms with E-state index in [0.29, 0.717) is 5.56 Å². The number of benzene rings is 2. The highest BCUT2D eigenvalue weighted by Crippen LogP contribution is 2.27. The number of ether oxygens (including phenoxy) is 1. The van der Waals surface area contributed by atoms with E-state index in [-0.39, 0.29) is 12.3 Å². The molecule has 0 fully saturated rings. The van der Waals surface area contributed by atoms with Crippen molar-refractivity contribution in [2.24, 2.45) is 0 Å². The quantitative estimate of drug-likeness (QED) is 0.848. The largest absolute Gasteiger partial charge is 0.488 e. The second-order valence-corrected chi connectivity index (χ2v) is 4.76. The van der Waals surface area contributed by atoms with Gasteiger partial charge in [-0.2, -0.15) is 0 Å². The molecule has 2 nitrogen and oxygen atoms in total. The maximum Gasteiger partial charge on any atom is 0.152 e. The predicted octanol–water partition coefficient (Wildman–Crippen LogP) is 3.91. The van der Waals surface area contributed by atoms with Crippen LogP contribution in [0.1, 0.15) is 22.3 Å². The summed E-state index contributed by atoms with van der Waals surface area (Å²) in [4.78, 5) is 0. The van der Waals surface area contributed by atoms with E-state index in [4.69, 9.17) is 10.5 Å². The second-order valence-electron chi connectivity index (χ2n) is 4.76. The molecule has 0 amide bonds. The normalized spacial score (nSPS) is 10.5. The van der Waals surface area contributed by atoms with Gasteiger partial charge in [-0.1, -0.05) is 24.3 Å². The summed E-state index contributed by atoms with van der Waals surface area (Å²) in [5.74, 6) is 0.423. The lowest BCUT2D eigenvalue weighted by atomic mass is 10.1. The van der Waals surface area contributed by atoms with Crippen molar-refractivity contribution in [2.45, 2.75) is 27.4 Å². The Morgan fingerprint density at radius 1 is 1.05 bits per heavy atom. The van der Waals surface area contributed by atoms with Crippen molar-refractivity contribution in [3.05, 3.63) is 58.4 Å². The number of halogens is 1. The first-order chi connectivity index (χ1) is 9.00. The molecule has 2 aromatic rings. The van der Waals surface area contributed by atoms with Crippen molar-refractivity contribution in [3.63, 3.8) is 0 Å². The summed E-state index contributed by atoms with van der Waals surface area (Å²) in [6.07, 6.45) is 0. The Labute approximate surface area is 113 Å². The maximum absolute atomic E-state index is 13.8. The highest BCUT2D eigenvalue weighted by atomic mass is 19.1. The number of nitrogens with two attached hydrogens (primary N) is 1. The van der Waals surface area contributed by atoms with Crippen molar-refractivity contribution < 1.29 is 9.13 Å². The second kappa shape index (κ2) is 5.31. The standard InChI is InChI=1S/C16H18FNO/c1-10-7-8-11(2)16(12(10)3)19-9-13-5-4-6-14(18)15(13)17/h4-8H,9,18H2,1-3H3. The van der Waals surface area contributed by atoms with E-state index in [9.17, 15) is 4.39 Å². The van der Waals surface area contributed by atoms with Gasteiger partial charge in [0.2, 0.25) is 0 Å². The molecule has 2 N–H and O–H groups in total.